The van der Waals surface area contributed by atoms with E-state index in [1.54, 1.807) is 0 Å². The Labute approximate surface area is 121 Å². The van der Waals surface area contributed by atoms with Crippen molar-refractivity contribution >= 4 is 17.0 Å². The first kappa shape index (κ1) is 13.3. The molecule has 0 saturated carbocycles. The van der Waals surface area contributed by atoms with Crippen molar-refractivity contribution in [3.05, 3.63) is 59.2 Å². The van der Waals surface area contributed by atoms with Gasteiger partial charge in [0, 0.05) is 0 Å². The topological polar surface area (TPSA) is 0 Å². The van der Waals surface area contributed by atoms with E-state index in [0.717, 1.165) is 6.42 Å². The van der Waals surface area contributed by atoms with Crippen LogP contribution in [-0.4, -0.2) is 0 Å². The summed E-state index contributed by atoms with van der Waals surface area (Å²) >= 11 is -0.826. The molecule has 0 saturated heterocycles. The van der Waals surface area contributed by atoms with Crippen LogP contribution < -0.4 is 0 Å². The van der Waals surface area contributed by atoms with Crippen molar-refractivity contribution in [2.24, 2.45) is 0 Å². The Morgan fingerprint density at radius 3 is 2.65 bits per heavy atom. The van der Waals surface area contributed by atoms with Crippen LogP contribution >= 0.6 is 17.0 Å². The van der Waals surface area contributed by atoms with Crippen LogP contribution in [0.4, 0.5) is 0 Å². The summed E-state index contributed by atoms with van der Waals surface area (Å²) in [5, 5.41) is 0. The van der Waals surface area contributed by atoms with Crippen LogP contribution in [0.15, 0.2) is 36.4 Å². The molecular formula is C14H11Cl2Zr-. The van der Waals surface area contributed by atoms with Gasteiger partial charge in [0.1, 0.15) is 0 Å². The molecule has 1 aliphatic carbocycles. The van der Waals surface area contributed by atoms with Gasteiger partial charge < -0.3 is 0 Å². The molecule has 86 valence electrons. The van der Waals surface area contributed by atoms with Crippen LogP contribution in [0.2, 0.25) is 0 Å². The first-order valence-corrected chi connectivity index (χ1v) is 11.7. The first-order valence-electron chi connectivity index (χ1n) is 5.32. The number of halogens is 2. The number of fused-ring (bicyclic) bond motifs is 3. The van der Waals surface area contributed by atoms with Gasteiger partial charge >= 0.3 is 37.9 Å². The molecule has 0 radical (unpaired) electrons. The summed E-state index contributed by atoms with van der Waals surface area (Å²) in [4.78, 5) is 0. The van der Waals surface area contributed by atoms with Crippen molar-refractivity contribution < 1.29 is 20.8 Å². The van der Waals surface area contributed by atoms with Gasteiger partial charge in [0.05, 0.1) is 0 Å². The SMILES string of the molecule is Cc1cc[c-]c2c1-c1ccccc1C2.[Cl][Zr][Cl]. The zero-order valence-corrected chi connectivity index (χ0v) is 13.4. The first-order chi connectivity index (χ1) is 8.27. The van der Waals surface area contributed by atoms with Crippen molar-refractivity contribution in [2.45, 2.75) is 13.3 Å². The van der Waals surface area contributed by atoms with E-state index in [4.69, 9.17) is 17.0 Å². The molecule has 0 spiro atoms. The van der Waals surface area contributed by atoms with Gasteiger partial charge in [-0.2, -0.15) is 23.8 Å². The molecule has 3 rings (SSSR count). The molecule has 2 aromatic carbocycles. The summed E-state index contributed by atoms with van der Waals surface area (Å²) in [7, 11) is 9.87. The standard InChI is InChI=1S/C14H11.2ClH.Zr/c1-10-5-4-7-12-9-11-6-2-3-8-13(11)14(10)12;;;/h2-6,8H,9H2,1H3;2*1H;/q-1;;;+2/p-2. The third-order valence-electron chi connectivity index (χ3n) is 2.94. The van der Waals surface area contributed by atoms with Crippen LogP contribution in [0, 0.1) is 13.0 Å². The Morgan fingerprint density at radius 2 is 1.88 bits per heavy atom. The predicted octanol–water partition coefficient (Wildman–Crippen LogP) is 4.74. The number of aryl methyl sites for hydroxylation is 1. The molecule has 1 aliphatic rings. The summed E-state index contributed by atoms with van der Waals surface area (Å²) < 4.78 is 0. The van der Waals surface area contributed by atoms with E-state index in [0.29, 0.717) is 0 Å². The quantitative estimate of drug-likeness (QED) is 0.518. The average molecular weight is 341 g/mol. The predicted molar refractivity (Wildman–Crippen MR) is 70.0 cm³/mol. The van der Waals surface area contributed by atoms with Crippen LogP contribution in [0.25, 0.3) is 11.1 Å². The Kier molecular flexibility index (Phi) is 4.85. The molecule has 0 heterocycles. The van der Waals surface area contributed by atoms with Crippen molar-refractivity contribution in [3.63, 3.8) is 0 Å². The zero-order valence-electron chi connectivity index (χ0n) is 9.43. The van der Waals surface area contributed by atoms with Gasteiger partial charge in [-0.25, -0.2) is 0 Å². The van der Waals surface area contributed by atoms with E-state index >= 15 is 0 Å². The zero-order chi connectivity index (χ0) is 12.3. The number of hydrogen-bond donors (Lipinski definition) is 0. The van der Waals surface area contributed by atoms with Gasteiger partial charge in [0.15, 0.2) is 0 Å². The molecule has 3 heteroatoms. The van der Waals surface area contributed by atoms with Crippen molar-refractivity contribution in [3.8, 4) is 11.1 Å². The van der Waals surface area contributed by atoms with Crippen LogP contribution in [0.1, 0.15) is 16.7 Å². The molecule has 0 aromatic heterocycles. The number of rotatable bonds is 0. The molecular weight excluding hydrogens is 330 g/mol. The molecule has 0 bridgehead atoms. The van der Waals surface area contributed by atoms with E-state index in [1.165, 1.54) is 27.8 Å². The number of hydrogen-bond acceptors (Lipinski definition) is 0. The fraction of sp³-hybridized carbons (Fsp3) is 0.143. The fourth-order valence-electron chi connectivity index (χ4n) is 2.28. The Balaban J connectivity index is 0.000000329. The third kappa shape index (κ3) is 2.84. The van der Waals surface area contributed by atoms with Gasteiger partial charge in [0.2, 0.25) is 0 Å². The molecule has 0 amide bonds. The van der Waals surface area contributed by atoms with Gasteiger partial charge in [-0.15, -0.1) is 11.1 Å². The Bertz CT molecular complexity index is 523. The minimum atomic E-state index is -0.826. The minimum absolute atomic E-state index is 0.826. The van der Waals surface area contributed by atoms with E-state index in [-0.39, 0.29) is 0 Å². The molecule has 0 atom stereocenters. The second kappa shape index (κ2) is 6.18. The van der Waals surface area contributed by atoms with Gasteiger partial charge in [0.25, 0.3) is 0 Å². The van der Waals surface area contributed by atoms with Crippen LogP contribution in [-0.2, 0) is 27.3 Å². The maximum absolute atomic E-state index is 4.93. The summed E-state index contributed by atoms with van der Waals surface area (Å²) in [5.74, 6) is 0. The summed E-state index contributed by atoms with van der Waals surface area (Å²) in [5.41, 5.74) is 6.96. The third-order valence-corrected chi connectivity index (χ3v) is 2.94. The van der Waals surface area contributed by atoms with Crippen LogP contribution in [0.3, 0.4) is 0 Å². The molecule has 0 nitrogen and oxygen atoms in total. The fourth-order valence-corrected chi connectivity index (χ4v) is 2.28. The summed E-state index contributed by atoms with van der Waals surface area (Å²) in [6, 6.07) is 16.1. The Morgan fingerprint density at radius 1 is 1.18 bits per heavy atom. The molecule has 17 heavy (non-hydrogen) atoms. The second-order valence-electron chi connectivity index (χ2n) is 3.92. The van der Waals surface area contributed by atoms with E-state index in [9.17, 15) is 0 Å². The van der Waals surface area contributed by atoms with Gasteiger partial charge in [-0.3, -0.25) is 0 Å². The number of benzene rings is 2. The Hall–Kier alpha value is -0.0969. The average Bonchev–Trinajstić information content (AvgIpc) is 2.69. The van der Waals surface area contributed by atoms with Crippen LogP contribution in [0.5, 0.6) is 0 Å². The molecule has 0 aliphatic heterocycles. The molecule has 0 unspecified atom stereocenters. The molecule has 0 N–H and O–H groups in total. The van der Waals surface area contributed by atoms with Gasteiger partial charge in [-0.05, 0) is 6.42 Å². The van der Waals surface area contributed by atoms with E-state index in [2.05, 4.69) is 43.3 Å². The van der Waals surface area contributed by atoms with Crippen molar-refractivity contribution in [1.29, 1.82) is 0 Å². The molecule has 0 fully saturated rings. The maximum atomic E-state index is 4.93. The summed E-state index contributed by atoms with van der Waals surface area (Å²) in [6.45, 7) is 2.18. The summed E-state index contributed by atoms with van der Waals surface area (Å²) in [6.07, 6.45) is 1.05. The monoisotopic (exact) mass is 339 g/mol. The second-order valence-corrected chi connectivity index (χ2v) is 7.65. The van der Waals surface area contributed by atoms with E-state index < -0.39 is 20.8 Å². The molecule has 2 aromatic rings. The normalized spacial score (nSPS) is 11.0. The van der Waals surface area contributed by atoms with Crippen molar-refractivity contribution in [1.82, 2.24) is 0 Å². The van der Waals surface area contributed by atoms with E-state index in [1.807, 2.05) is 6.07 Å². The van der Waals surface area contributed by atoms with Gasteiger partial charge in [-0.1, -0.05) is 42.3 Å². The van der Waals surface area contributed by atoms with Crippen molar-refractivity contribution in [2.75, 3.05) is 0 Å².